The van der Waals surface area contributed by atoms with E-state index in [0.29, 0.717) is 18.9 Å². The first-order valence-electron chi connectivity index (χ1n) is 7.16. The van der Waals surface area contributed by atoms with Crippen LogP contribution in [0.15, 0.2) is 4.99 Å². The molecule has 6 heteroatoms. The molecule has 6 nitrogen and oxygen atoms in total. The molecule has 19 heavy (non-hydrogen) atoms. The highest BCUT2D eigenvalue weighted by atomic mass is 16.5. The van der Waals surface area contributed by atoms with Gasteiger partial charge in [0.15, 0.2) is 5.96 Å². The molecule has 0 aromatic heterocycles. The minimum absolute atomic E-state index is 0.0250. The van der Waals surface area contributed by atoms with E-state index in [2.05, 4.69) is 9.89 Å². The number of ether oxygens (including phenoxy) is 1. The topological polar surface area (TPSA) is 93.9 Å². The van der Waals surface area contributed by atoms with Crippen molar-refractivity contribution in [1.29, 1.82) is 0 Å². The monoisotopic (exact) mass is 268 g/mol. The van der Waals surface area contributed by atoms with Crippen molar-refractivity contribution in [3.05, 3.63) is 0 Å². The van der Waals surface area contributed by atoms with Crippen molar-refractivity contribution in [2.24, 2.45) is 16.5 Å². The molecule has 2 heterocycles. The van der Waals surface area contributed by atoms with Crippen molar-refractivity contribution in [3.63, 3.8) is 0 Å². The fraction of sp³-hybridized carbons (Fsp3) is 0.846. The van der Waals surface area contributed by atoms with E-state index in [1.165, 1.54) is 25.7 Å². The fourth-order valence-corrected chi connectivity index (χ4v) is 2.64. The van der Waals surface area contributed by atoms with Gasteiger partial charge in [-0.05, 0) is 25.7 Å². The lowest BCUT2D eigenvalue weighted by Gasteiger charge is -2.21. The summed E-state index contributed by atoms with van der Waals surface area (Å²) in [6.45, 7) is 2.50. The van der Waals surface area contributed by atoms with Gasteiger partial charge in [-0.1, -0.05) is 12.8 Å². The number of hydrogen-bond donors (Lipinski definition) is 2. The lowest BCUT2D eigenvalue weighted by Crippen LogP contribution is -2.38. The quantitative estimate of drug-likeness (QED) is 0.565. The van der Waals surface area contributed by atoms with Crippen LogP contribution < -0.4 is 11.5 Å². The third-order valence-electron chi connectivity index (χ3n) is 3.81. The second-order valence-electron chi connectivity index (χ2n) is 5.33. The zero-order valence-corrected chi connectivity index (χ0v) is 11.4. The van der Waals surface area contributed by atoms with Crippen LogP contribution in [-0.4, -0.2) is 48.6 Å². The number of rotatable bonds is 3. The Morgan fingerprint density at radius 3 is 2.42 bits per heavy atom. The molecule has 0 bridgehead atoms. The van der Waals surface area contributed by atoms with Crippen molar-refractivity contribution in [1.82, 2.24) is 4.90 Å². The third kappa shape index (κ3) is 4.09. The second-order valence-corrected chi connectivity index (χ2v) is 5.33. The Kier molecular flexibility index (Phi) is 5.01. The van der Waals surface area contributed by atoms with Crippen molar-refractivity contribution >= 4 is 11.9 Å². The third-order valence-corrected chi connectivity index (χ3v) is 3.81. The Hall–Kier alpha value is -1.30. The Balaban J connectivity index is 1.79. The zero-order chi connectivity index (χ0) is 13.7. The average Bonchev–Trinajstić information content (AvgIpc) is 2.70. The maximum atomic E-state index is 11.0. The fourth-order valence-electron chi connectivity index (χ4n) is 2.64. The van der Waals surface area contributed by atoms with Crippen LogP contribution in [0.5, 0.6) is 0 Å². The molecular weight excluding hydrogens is 244 g/mol. The lowest BCUT2D eigenvalue weighted by molar-refractivity contribution is -0.128. The molecule has 0 spiro atoms. The number of nitrogens with zero attached hydrogens (tertiary/aromatic N) is 2. The molecule has 0 saturated carbocycles. The number of amides is 1. The van der Waals surface area contributed by atoms with Gasteiger partial charge >= 0.3 is 0 Å². The highest BCUT2D eigenvalue weighted by Crippen LogP contribution is 2.19. The maximum absolute atomic E-state index is 11.0. The molecule has 2 atom stereocenters. The molecule has 2 aliphatic rings. The Morgan fingerprint density at radius 2 is 1.84 bits per heavy atom. The molecule has 0 aromatic rings. The van der Waals surface area contributed by atoms with Crippen LogP contribution in [0.25, 0.3) is 0 Å². The molecule has 4 N–H and O–H groups in total. The Labute approximate surface area is 114 Å². The summed E-state index contributed by atoms with van der Waals surface area (Å²) in [4.78, 5) is 17.6. The van der Waals surface area contributed by atoms with E-state index in [4.69, 9.17) is 16.2 Å². The molecule has 0 radical (unpaired) electrons. The van der Waals surface area contributed by atoms with E-state index >= 15 is 0 Å². The van der Waals surface area contributed by atoms with Crippen molar-refractivity contribution in [2.45, 2.75) is 50.7 Å². The first kappa shape index (κ1) is 14.1. The van der Waals surface area contributed by atoms with Crippen LogP contribution in [0.2, 0.25) is 0 Å². The zero-order valence-electron chi connectivity index (χ0n) is 11.4. The summed E-state index contributed by atoms with van der Waals surface area (Å²) < 4.78 is 5.53. The van der Waals surface area contributed by atoms with Crippen molar-refractivity contribution in [3.8, 4) is 0 Å². The first-order valence-corrected chi connectivity index (χ1v) is 7.16. The van der Waals surface area contributed by atoms with Crippen LogP contribution in [0, 0.1) is 0 Å². The number of guanidine groups is 1. The number of hydrogen-bond acceptors (Lipinski definition) is 3. The van der Waals surface area contributed by atoms with E-state index in [1.807, 2.05) is 0 Å². The van der Waals surface area contributed by atoms with Gasteiger partial charge in [0.25, 0.3) is 0 Å². The van der Waals surface area contributed by atoms with Gasteiger partial charge in [-0.25, -0.2) is 0 Å². The summed E-state index contributed by atoms with van der Waals surface area (Å²) in [7, 11) is 0. The molecule has 2 rings (SSSR count). The van der Waals surface area contributed by atoms with Gasteiger partial charge in [-0.2, -0.15) is 0 Å². The molecule has 0 aromatic carbocycles. The number of likely N-dealkylation sites (tertiary alicyclic amines) is 1. The average molecular weight is 268 g/mol. The molecule has 0 aliphatic carbocycles. The van der Waals surface area contributed by atoms with Crippen molar-refractivity contribution in [2.75, 3.05) is 19.6 Å². The van der Waals surface area contributed by atoms with E-state index in [-0.39, 0.29) is 12.0 Å². The predicted octanol–water partition coefficient (Wildman–Crippen LogP) is 0.210. The standard InChI is InChI=1S/C13H24N4O2/c14-12(18)11-6-5-10(19-11)9-16-13(15)17-7-3-1-2-4-8-17/h10-11H,1-9H2,(H2,14,18)(H2,15,16). The van der Waals surface area contributed by atoms with E-state index in [9.17, 15) is 4.79 Å². The second kappa shape index (κ2) is 6.75. The van der Waals surface area contributed by atoms with Crippen LogP contribution in [0.1, 0.15) is 38.5 Å². The highest BCUT2D eigenvalue weighted by Gasteiger charge is 2.28. The minimum atomic E-state index is -0.445. The minimum Gasteiger partial charge on any atom is -0.370 e. The van der Waals surface area contributed by atoms with E-state index in [0.717, 1.165) is 19.5 Å². The molecule has 2 saturated heterocycles. The first-order chi connectivity index (χ1) is 9.16. The van der Waals surface area contributed by atoms with Gasteiger partial charge in [-0.15, -0.1) is 0 Å². The molecule has 108 valence electrons. The molecular formula is C13H24N4O2. The SMILES string of the molecule is NC(=O)C1CCC(CN=C(N)N2CCCCCC2)O1. The number of nitrogens with two attached hydrogens (primary N) is 2. The number of carbonyl (C=O) groups is 1. The predicted molar refractivity (Wildman–Crippen MR) is 73.6 cm³/mol. The van der Waals surface area contributed by atoms with E-state index in [1.54, 1.807) is 0 Å². The molecule has 2 fully saturated rings. The lowest BCUT2D eigenvalue weighted by atomic mass is 10.2. The Bertz CT molecular complexity index is 338. The van der Waals surface area contributed by atoms with Gasteiger partial charge in [0.2, 0.25) is 5.91 Å². The van der Waals surface area contributed by atoms with Crippen LogP contribution in [-0.2, 0) is 9.53 Å². The van der Waals surface area contributed by atoms with Crippen molar-refractivity contribution < 1.29 is 9.53 Å². The normalized spacial score (nSPS) is 29.3. The summed E-state index contributed by atoms with van der Waals surface area (Å²) in [5.74, 6) is 0.222. The van der Waals surface area contributed by atoms with Gasteiger partial charge in [0, 0.05) is 13.1 Å². The summed E-state index contributed by atoms with van der Waals surface area (Å²) in [6.07, 6.45) is 5.96. The summed E-state index contributed by atoms with van der Waals surface area (Å²) >= 11 is 0. The summed E-state index contributed by atoms with van der Waals surface area (Å²) in [5.41, 5.74) is 11.2. The largest absolute Gasteiger partial charge is 0.370 e. The molecule has 1 amide bonds. The van der Waals surface area contributed by atoms with Gasteiger partial charge < -0.3 is 21.1 Å². The van der Waals surface area contributed by atoms with Gasteiger partial charge in [0.1, 0.15) is 6.10 Å². The van der Waals surface area contributed by atoms with Crippen LogP contribution >= 0.6 is 0 Å². The maximum Gasteiger partial charge on any atom is 0.246 e. The van der Waals surface area contributed by atoms with E-state index < -0.39 is 6.10 Å². The number of primary amides is 1. The van der Waals surface area contributed by atoms with Crippen LogP contribution in [0.3, 0.4) is 0 Å². The Morgan fingerprint density at radius 1 is 1.16 bits per heavy atom. The molecule has 2 aliphatic heterocycles. The molecule has 2 unspecified atom stereocenters. The van der Waals surface area contributed by atoms with Gasteiger partial charge in [-0.3, -0.25) is 9.79 Å². The highest BCUT2D eigenvalue weighted by molar-refractivity contribution is 5.79. The number of carbonyl (C=O) groups excluding carboxylic acids is 1. The number of aliphatic imine (C=N–C) groups is 1. The summed E-state index contributed by atoms with van der Waals surface area (Å²) in [6, 6.07) is 0. The van der Waals surface area contributed by atoms with Gasteiger partial charge in [0.05, 0.1) is 12.6 Å². The smallest absolute Gasteiger partial charge is 0.246 e. The van der Waals surface area contributed by atoms with Crippen LogP contribution in [0.4, 0.5) is 0 Å². The summed E-state index contributed by atoms with van der Waals surface area (Å²) in [5, 5.41) is 0.